The Morgan fingerprint density at radius 1 is 0.829 bits per heavy atom. The van der Waals surface area contributed by atoms with Crippen LogP contribution in [-0.2, 0) is 16.2 Å². The molecule has 35 heavy (non-hydrogen) atoms. The number of barbiturate groups is 1. The molecule has 6 heteroatoms. The van der Waals surface area contributed by atoms with Crippen LogP contribution in [0, 0.1) is 6.92 Å². The number of aryl methyl sites for hydroxylation is 1. The molecule has 0 aliphatic carbocycles. The van der Waals surface area contributed by atoms with Crippen LogP contribution >= 0.6 is 0 Å². The normalized spacial score (nSPS) is 14.9. The third-order valence-electron chi connectivity index (χ3n) is 5.80. The van der Waals surface area contributed by atoms with Crippen LogP contribution in [-0.4, -0.2) is 17.8 Å². The van der Waals surface area contributed by atoms with Crippen molar-refractivity contribution in [2.24, 2.45) is 0 Å². The van der Waals surface area contributed by atoms with Crippen molar-refractivity contribution >= 4 is 40.4 Å². The average Bonchev–Trinajstić information content (AvgIpc) is 2.87. The molecule has 0 saturated carbocycles. The lowest BCUT2D eigenvalue weighted by Gasteiger charge is -2.26. The molecule has 1 aliphatic heterocycles. The van der Waals surface area contributed by atoms with Gasteiger partial charge in [-0.15, -0.1) is 0 Å². The molecule has 4 aromatic rings. The van der Waals surface area contributed by atoms with Gasteiger partial charge in [-0.1, -0.05) is 66.2 Å². The van der Waals surface area contributed by atoms with Crippen molar-refractivity contribution in [3.8, 4) is 5.75 Å². The van der Waals surface area contributed by atoms with E-state index in [1.54, 1.807) is 48.5 Å². The van der Waals surface area contributed by atoms with Crippen molar-refractivity contribution in [1.29, 1.82) is 0 Å². The highest BCUT2D eigenvalue weighted by Gasteiger charge is 2.36. The minimum absolute atomic E-state index is 0.116. The van der Waals surface area contributed by atoms with Gasteiger partial charge >= 0.3 is 6.03 Å². The molecule has 1 N–H and O–H groups in total. The van der Waals surface area contributed by atoms with Crippen LogP contribution in [0.1, 0.15) is 16.7 Å². The van der Waals surface area contributed by atoms with E-state index in [4.69, 9.17) is 4.74 Å². The summed E-state index contributed by atoms with van der Waals surface area (Å²) < 4.78 is 5.91. The maximum Gasteiger partial charge on any atom is 0.335 e. The number of amides is 4. The van der Waals surface area contributed by atoms with Crippen LogP contribution in [0.15, 0.2) is 96.6 Å². The summed E-state index contributed by atoms with van der Waals surface area (Å²) in [6, 6.07) is 27.6. The molecular formula is C29H22N2O4. The van der Waals surface area contributed by atoms with Crippen LogP contribution in [0.4, 0.5) is 10.5 Å². The topological polar surface area (TPSA) is 75.7 Å². The number of hydrogen-bond donors (Lipinski definition) is 1. The Labute approximate surface area is 202 Å². The first-order valence-electron chi connectivity index (χ1n) is 11.2. The summed E-state index contributed by atoms with van der Waals surface area (Å²) in [7, 11) is 0. The molecule has 172 valence electrons. The summed E-state index contributed by atoms with van der Waals surface area (Å²) in [6.07, 6.45) is 1.47. The number of rotatable bonds is 5. The number of imide groups is 2. The quantitative estimate of drug-likeness (QED) is 0.319. The van der Waals surface area contributed by atoms with E-state index in [-0.39, 0.29) is 5.57 Å². The Hall–Kier alpha value is -4.71. The summed E-state index contributed by atoms with van der Waals surface area (Å²) >= 11 is 0. The first-order valence-corrected chi connectivity index (χ1v) is 11.2. The fourth-order valence-corrected chi connectivity index (χ4v) is 3.91. The second kappa shape index (κ2) is 9.27. The monoisotopic (exact) mass is 462 g/mol. The summed E-state index contributed by atoms with van der Waals surface area (Å²) in [5.74, 6) is -0.726. The Morgan fingerprint density at radius 3 is 2.29 bits per heavy atom. The van der Waals surface area contributed by atoms with Gasteiger partial charge < -0.3 is 4.74 Å². The number of urea groups is 1. The minimum atomic E-state index is -0.765. The van der Waals surface area contributed by atoms with Crippen LogP contribution in [0.2, 0.25) is 0 Å². The van der Waals surface area contributed by atoms with Gasteiger partial charge in [0.05, 0.1) is 5.69 Å². The van der Waals surface area contributed by atoms with Gasteiger partial charge in [-0.25, -0.2) is 9.69 Å². The lowest BCUT2D eigenvalue weighted by Crippen LogP contribution is -2.54. The van der Waals surface area contributed by atoms with Crippen molar-refractivity contribution in [1.82, 2.24) is 5.32 Å². The van der Waals surface area contributed by atoms with Gasteiger partial charge in [0, 0.05) is 0 Å². The second-order valence-electron chi connectivity index (χ2n) is 8.33. The van der Waals surface area contributed by atoms with Crippen molar-refractivity contribution in [3.05, 3.63) is 113 Å². The lowest BCUT2D eigenvalue weighted by molar-refractivity contribution is -0.122. The third-order valence-corrected chi connectivity index (χ3v) is 5.80. The third kappa shape index (κ3) is 4.68. The largest absolute Gasteiger partial charge is 0.489 e. The Bertz CT molecular complexity index is 1470. The maximum absolute atomic E-state index is 13.0. The fourth-order valence-electron chi connectivity index (χ4n) is 3.91. The van der Waals surface area contributed by atoms with Crippen molar-refractivity contribution in [2.75, 3.05) is 4.90 Å². The second-order valence-corrected chi connectivity index (χ2v) is 8.33. The predicted octanol–water partition coefficient (Wildman–Crippen LogP) is 5.39. The lowest BCUT2D eigenvalue weighted by atomic mass is 10.1. The zero-order valence-corrected chi connectivity index (χ0v) is 19.0. The fraction of sp³-hybridized carbons (Fsp3) is 0.0690. The molecule has 1 fully saturated rings. The Kier molecular flexibility index (Phi) is 5.85. The molecule has 0 aromatic heterocycles. The molecular weight excluding hydrogens is 440 g/mol. The van der Waals surface area contributed by atoms with Crippen molar-refractivity contribution in [2.45, 2.75) is 13.5 Å². The highest BCUT2D eigenvalue weighted by Crippen LogP contribution is 2.23. The van der Waals surface area contributed by atoms with Crippen molar-refractivity contribution in [3.63, 3.8) is 0 Å². The van der Waals surface area contributed by atoms with Crippen LogP contribution < -0.4 is 15.0 Å². The number of benzene rings is 4. The van der Waals surface area contributed by atoms with E-state index in [0.717, 1.165) is 21.4 Å². The summed E-state index contributed by atoms with van der Waals surface area (Å²) in [6.45, 7) is 2.33. The molecule has 0 atom stereocenters. The first kappa shape index (κ1) is 22.1. The minimum Gasteiger partial charge on any atom is -0.489 e. The van der Waals surface area contributed by atoms with Gasteiger partial charge in [0.15, 0.2) is 0 Å². The number of carbonyl (C=O) groups excluding carboxylic acids is 3. The molecule has 0 bridgehead atoms. The SMILES string of the molecule is Cc1ccc(N2C(=O)NC(=O)/C(=C\c3ccc(OCc4ccc5ccccc5c4)cc3)C2=O)cc1. The van der Waals surface area contributed by atoms with E-state index >= 15 is 0 Å². The number of fused-ring (bicyclic) bond motifs is 1. The van der Waals surface area contributed by atoms with Gasteiger partial charge in [-0.05, 0) is 65.2 Å². The van der Waals surface area contributed by atoms with E-state index in [9.17, 15) is 14.4 Å². The molecule has 1 saturated heterocycles. The van der Waals surface area contributed by atoms with Gasteiger partial charge in [0.25, 0.3) is 11.8 Å². The number of hydrogen-bond acceptors (Lipinski definition) is 4. The number of carbonyl (C=O) groups is 3. The number of nitrogens with one attached hydrogen (secondary N) is 1. The number of anilines is 1. The van der Waals surface area contributed by atoms with Crippen LogP contribution in [0.3, 0.4) is 0 Å². The highest BCUT2D eigenvalue weighted by atomic mass is 16.5. The van der Waals surface area contributed by atoms with Gasteiger partial charge in [-0.2, -0.15) is 0 Å². The van der Waals surface area contributed by atoms with Gasteiger partial charge in [0.1, 0.15) is 17.9 Å². The standard InChI is InChI=1S/C29H22N2O4/c1-19-6-12-24(13-7-19)31-28(33)26(27(32)30-29(31)34)17-20-9-14-25(15-10-20)35-18-21-8-11-22-4-2-3-5-23(22)16-21/h2-17H,18H2,1H3,(H,30,32,34)/b26-17+. The van der Waals surface area contributed by atoms with E-state index in [0.29, 0.717) is 23.6 Å². The maximum atomic E-state index is 13.0. The molecule has 0 spiro atoms. The molecule has 1 aliphatic rings. The molecule has 0 unspecified atom stereocenters. The Balaban J connectivity index is 1.31. The molecule has 6 nitrogen and oxygen atoms in total. The molecule has 1 heterocycles. The Morgan fingerprint density at radius 2 is 1.54 bits per heavy atom. The molecule has 0 radical (unpaired) electrons. The smallest absolute Gasteiger partial charge is 0.335 e. The van der Waals surface area contributed by atoms with Crippen LogP contribution in [0.5, 0.6) is 5.75 Å². The average molecular weight is 463 g/mol. The predicted molar refractivity (Wildman–Crippen MR) is 135 cm³/mol. The summed E-state index contributed by atoms with van der Waals surface area (Å²) in [5, 5.41) is 4.57. The van der Waals surface area contributed by atoms with Gasteiger partial charge in [-0.3, -0.25) is 14.9 Å². The zero-order chi connectivity index (χ0) is 24.4. The molecule has 4 amide bonds. The van der Waals surface area contributed by atoms with E-state index in [1.807, 2.05) is 25.1 Å². The number of nitrogens with zero attached hydrogens (tertiary/aromatic N) is 1. The van der Waals surface area contributed by atoms with E-state index in [2.05, 4.69) is 29.6 Å². The summed E-state index contributed by atoms with van der Waals surface area (Å²) in [4.78, 5) is 38.7. The zero-order valence-electron chi connectivity index (χ0n) is 19.0. The first-order chi connectivity index (χ1) is 17.0. The van der Waals surface area contributed by atoms with Crippen LogP contribution in [0.25, 0.3) is 16.8 Å². The van der Waals surface area contributed by atoms with Gasteiger partial charge in [0.2, 0.25) is 0 Å². The molecule has 4 aromatic carbocycles. The molecule has 5 rings (SSSR count). The number of ether oxygens (including phenoxy) is 1. The highest BCUT2D eigenvalue weighted by molar-refractivity contribution is 6.39. The van der Waals surface area contributed by atoms with Crippen molar-refractivity contribution < 1.29 is 19.1 Å². The van der Waals surface area contributed by atoms with E-state index in [1.165, 1.54) is 11.5 Å². The van der Waals surface area contributed by atoms with E-state index < -0.39 is 17.8 Å². The summed E-state index contributed by atoms with van der Waals surface area (Å²) in [5.41, 5.74) is 2.97.